The zero-order chi connectivity index (χ0) is 12.7. The summed E-state index contributed by atoms with van der Waals surface area (Å²) in [5.74, 6) is -0.352. The van der Waals surface area contributed by atoms with Crippen LogP contribution in [0.15, 0.2) is 24.3 Å². The molecule has 0 saturated carbocycles. The van der Waals surface area contributed by atoms with E-state index in [-0.39, 0.29) is 31.5 Å². The van der Waals surface area contributed by atoms with E-state index in [9.17, 15) is 4.39 Å². The summed E-state index contributed by atoms with van der Waals surface area (Å²) in [5, 5.41) is 17.4. The molecular formula is C12H13FN4. The lowest BCUT2D eigenvalue weighted by atomic mass is 10.1. The summed E-state index contributed by atoms with van der Waals surface area (Å²) in [6.45, 7) is 0.407. The monoisotopic (exact) mass is 232 g/mol. The summed E-state index contributed by atoms with van der Waals surface area (Å²) in [5.41, 5.74) is 6.31. The highest BCUT2D eigenvalue weighted by atomic mass is 19.1. The number of nitrogens with zero attached hydrogens (tertiary/aromatic N) is 3. The normalized spacial score (nSPS) is 11.8. The van der Waals surface area contributed by atoms with Crippen molar-refractivity contribution in [3.8, 4) is 12.1 Å². The first-order valence-corrected chi connectivity index (χ1v) is 5.16. The van der Waals surface area contributed by atoms with E-state index in [1.165, 1.54) is 12.1 Å². The van der Waals surface area contributed by atoms with E-state index in [2.05, 4.69) is 0 Å². The number of nitrogens with two attached hydrogens (primary N) is 1. The summed E-state index contributed by atoms with van der Waals surface area (Å²) in [4.78, 5) is 1.62. The lowest BCUT2D eigenvalue weighted by Crippen LogP contribution is -2.34. The number of halogens is 1. The van der Waals surface area contributed by atoms with Crippen molar-refractivity contribution < 1.29 is 4.39 Å². The van der Waals surface area contributed by atoms with Crippen LogP contribution in [-0.4, -0.2) is 24.5 Å². The number of nitriles is 2. The van der Waals surface area contributed by atoms with Crippen molar-refractivity contribution in [1.82, 2.24) is 4.90 Å². The Kier molecular flexibility index (Phi) is 5.09. The Hall–Kier alpha value is -1.95. The van der Waals surface area contributed by atoms with E-state index < -0.39 is 0 Å². The molecule has 1 rings (SSSR count). The highest BCUT2D eigenvalue weighted by Gasteiger charge is 2.18. The molecule has 0 saturated heterocycles. The molecule has 0 amide bonds. The Bertz CT molecular complexity index is 431. The third-order valence-corrected chi connectivity index (χ3v) is 2.45. The molecular weight excluding hydrogens is 219 g/mol. The van der Waals surface area contributed by atoms with Crippen LogP contribution < -0.4 is 5.73 Å². The Morgan fingerprint density at radius 1 is 1.29 bits per heavy atom. The summed E-state index contributed by atoms with van der Waals surface area (Å²) in [6.07, 6.45) is 0. The van der Waals surface area contributed by atoms with Gasteiger partial charge in [0.2, 0.25) is 0 Å². The molecule has 0 aliphatic heterocycles. The van der Waals surface area contributed by atoms with Crippen LogP contribution in [0, 0.1) is 28.5 Å². The van der Waals surface area contributed by atoms with Gasteiger partial charge in [-0.2, -0.15) is 10.5 Å². The minimum atomic E-state index is -0.352. The third-order valence-electron chi connectivity index (χ3n) is 2.45. The quantitative estimate of drug-likeness (QED) is 0.773. The summed E-state index contributed by atoms with van der Waals surface area (Å²) in [7, 11) is 0. The van der Waals surface area contributed by atoms with Crippen molar-refractivity contribution in [3.63, 3.8) is 0 Å². The predicted octanol–water partition coefficient (Wildman–Crippen LogP) is 1.17. The number of benzene rings is 1. The molecule has 4 nitrogen and oxygen atoms in total. The average Bonchev–Trinajstić information content (AvgIpc) is 2.31. The summed E-state index contributed by atoms with van der Waals surface area (Å²) in [6, 6.07) is 9.68. The van der Waals surface area contributed by atoms with Crippen LogP contribution >= 0.6 is 0 Å². The zero-order valence-corrected chi connectivity index (χ0v) is 9.31. The first kappa shape index (κ1) is 13.1. The lowest BCUT2D eigenvalue weighted by molar-refractivity contribution is 0.253. The van der Waals surface area contributed by atoms with Gasteiger partial charge in [-0.1, -0.05) is 12.1 Å². The topological polar surface area (TPSA) is 76.8 Å². The maximum atomic E-state index is 13.1. The first-order valence-electron chi connectivity index (χ1n) is 5.16. The van der Waals surface area contributed by atoms with Crippen molar-refractivity contribution in [2.45, 2.75) is 6.04 Å². The number of hydrogen-bond acceptors (Lipinski definition) is 4. The fourth-order valence-corrected chi connectivity index (χ4v) is 1.67. The molecule has 0 bridgehead atoms. The van der Waals surface area contributed by atoms with Gasteiger partial charge in [-0.05, 0) is 17.7 Å². The van der Waals surface area contributed by atoms with E-state index in [4.69, 9.17) is 16.3 Å². The summed E-state index contributed by atoms with van der Waals surface area (Å²) >= 11 is 0. The minimum Gasteiger partial charge on any atom is -0.329 e. The van der Waals surface area contributed by atoms with Crippen molar-refractivity contribution >= 4 is 0 Å². The van der Waals surface area contributed by atoms with Crippen LogP contribution in [0.4, 0.5) is 4.39 Å². The van der Waals surface area contributed by atoms with Gasteiger partial charge in [0.1, 0.15) is 5.82 Å². The molecule has 0 heterocycles. The van der Waals surface area contributed by atoms with Gasteiger partial charge in [-0.15, -0.1) is 0 Å². The van der Waals surface area contributed by atoms with Gasteiger partial charge < -0.3 is 5.73 Å². The molecule has 0 aliphatic rings. The average molecular weight is 232 g/mol. The van der Waals surface area contributed by atoms with E-state index in [0.29, 0.717) is 5.56 Å². The zero-order valence-electron chi connectivity index (χ0n) is 9.31. The van der Waals surface area contributed by atoms with E-state index in [1.54, 1.807) is 17.0 Å². The number of hydrogen-bond donors (Lipinski definition) is 1. The fourth-order valence-electron chi connectivity index (χ4n) is 1.67. The predicted molar refractivity (Wildman–Crippen MR) is 61.0 cm³/mol. The smallest absolute Gasteiger partial charge is 0.123 e. The van der Waals surface area contributed by atoms with Gasteiger partial charge in [0.25, 0.3) is 0 Å². The molecule has 0 aliphatic carbocycles. The van der Waals surface area contributed by atoms with Crippen LogP contribution in [0.25, 0.3) is 0 Å². The van der Waals surface area contributed by atoms with E-state index in [1.807, 2.05) is 12.1 Å². The largest absolute Gasteiger partial charge is 0.329 e. The lowest BCUT2D eigenvalue weighted by Gasteiger charge is -2.26. The molecule has 1 aromatic rings. The molecule has 88 valence electrons. The Balaban J connectivity index is 2.96. The van der Waals surface area contributed by atoms with Gasteiger partial charge in [-0.3, -0.25) is 4.90 Å². The highest BCUT2D eigenvalue weighted by Crippen LogP contribution is 2.19. The van der Waals surface area contributed by atoms with E-state index in [0.717, 1.165) is 0 Å². The number of rotatable bonds is 5. The molecule has 1 unspecified atom stereocenters. The second-order valence-corrected chi connectivity index (χ2v) is 3.53. The van der Waals surface area contributed by atoms with Crippen LogP contribution in [0.3, 0.4) is 0 Å². The molecule has 1 aromatic carbocycles. The van der Waals surface area contributed by atoms with Crippen molar-refractivity contribution in [2.75, 3.05) is 19.6 Å². The second-order valence-electron chi connectivity index (χ2n) is 3.53. The van der Waals surface area contributed by atoms with Crippen LogP contribution in [0.1, 0.15) is 11.6 Å². The molecule has 17 heavy (non-hydrogen) atoms. The van der Waals surface area contributed by atoms with Gasteiger partial charge >= 0.3 is 0 Å². The molecule has 2 N–H and O–H groups in total. The van der Waals surface area contributed by atoms with Gasteiger partial charge in [-0.25, -0.2) is 4.39 Å². The Labute approximate surface area is 99.7 Å². The van der Waals surface area contributed by atoms with Gasteiger partial charge in [0, 0.05) is 12.6 Å². The third kappa shape index (κ3) is 3.53. The van der Waals surface area contributed by atoms with Crippen molar-refractivity contribution in [2.24, 2.45) is 5.73 Å². The minimum absolute atomic E-state index is 0.0892. The SMILES string of the molecule is N#CCN(CC#N)C(CN)c1cccc(F)c1. The van der Waals surface area contributed by atoms with Gasteiger partial charge in [0.15, 0.2) is 0 Å². The van der Waals surface area contributed by atoms with Crippen LogP contribution in [0.5, 0.6) is 0 Å². The highest BCUT2D eigenvalue weighted by molar-refractivity contribution is 5.21. The Morgan fingerprint density at radius 3 is 2.41 bits per heavy atom. The maximum absolute atomic E-state index is 13.1. The van der Waals surface area contributed by atoms with Crippen molar-refractivity contribution in [1.29, 1.82) is 10.5 Å². The maximum Gasteiger partial charge on any atom is 0.123 e. The van der Waals surface area contributed by atoms with Crippen LogP contribution in [-0.2, 0) is 0 Å². The van der Waals surface area contributed by atoms with Crippen molar-refractivity contribution in [3.05, 3.63) is 35.6 Å². The molecule has 1 atom stereocenters. The molecule has 0 fully saturated rings. The first-order chi connectivity index (χ1) is 8.22. The summed E-state index contributed by atoms with van der Waals surface area (Å²) < 4.78 is 13.1. The fraction of sp³-hybridized carbons (Fsp3) is 0.333. The van der Waals surface area contributed by atoms with Crippen LogP contribution in [0.2, 0.25) is 0 Å². The Morgan fingerprint density at radius 2 is 1.94 bits per heavy atom. The molecule has 0 radical (unpaired) electrons. The molecule has 0 aromatic heterocycles. The molecule has 5 heteroatoms. The molecule has 0 spiro atoms. The second kappa shape index (κ2) is 6.59. The standard InChI is InChI=1S/C12H13FN4/c13-11-3-1-2-10(8-11)12(9-16)17(6-4-14)7-5-15/h1-3,8,12H,6-7,9,16H2. The van der Waals surface area contributed by atoms with Gasteiger partial charge in [0.05, 0.1) is 25.2 Å². The van der Waals surface area contributed by atoms with E-state index >= 15 is 0 Å².